The fourth-order valence-corrected chi connectivity index (χ4v) is 2.97. The average Bonchev–Trinajstić information content (AvgIpc) is 3.19. The van der Waals surface area contributed by atoms with Crippen LogP contribution in [0, 0.1) is 0 Å². The number of likely N-dealkylation sites (N-methyl/N-ethyl adjacent to an activating group) is 1. The molecule has 1 atom stereocenters. The number of nitrogens with zero attached hydrogens (tertiary/aromatic N) is 6. The zero-order valence-corrected chi connectivity index (χ0v) is 14.1. The van der Waals surface area contributed by atoms with Gasteiger partial charge in [-0.15, -0.1) is 0 Å². The second-order valence-corrected chi connectivity index (χ2v) is 6.26. The van der Waals surface area contributed by atoms with Crippen LogP contribution in [0.15, 0.2) is 24.8 Å². The van der Waals surface area contributed by atoms with Crippen LogP contribution in [0.2, 0.25) is 0 Å². The molecule has 1 aliphatic heterocycles. The molecule has 0 bridgehead atoms. The fourth-order valence-electron chi connectivity index (χ4n) is 2.97. The van der Waals surface area contributed by atoms with E-state index in [-0.39, 0.29) is 6.04 Å². The molecule has 7 heteroatoms. The normalized spacial score (nSPS) is 16.1. The maximum atomic E-state index is 4.40. The van der Waals surface area contributed by atoms with Crippen LogP contribution in [-0.2, 0) is 7.05 Å². The molecular weight excluding hydrogens is 290 g/mol. The molecule has 2 aromatic heterocycles. The van der Waals surface area contributed by atoms with Crippen LogP contribution in [0.4, 0.5) is 11.6 Å². The summed E-state index contributed by atoms with van der Waals surface area (Å²) in [5, 5.41) is 7.71. The lowest BCUT2D eigenvalue weighted by molar-refractivity contribution is 0.311. The molecule has 1 aliphatic rings. The van der Waals surface area contributed by atoms with Crippen molar-refractivity contribution in [3.63, 3.8) is 0 Å². The Morgan fingerprint density at radius 1 is 1.26 bits per heavy atom. The van der Waals surface area contributed by atoms with Gasteiger partial charge in [0.2, 0.25) is 0 Å². The summed E-state index contributed by atoms with van der Waals surface area (Å²) in [5.41, 5.74) is 1.19. The SMILES string of the molecule is CN(C)[C@H](CNc1cc(N2CCCC2)ncn1)c1cnn(C)c1. The number of anilines is 2. The minimum absolute atomic E-state index is 0.244. The Hall–Kier alpha value is -2.15. The van der Waals surface area contributed by atoms with Crippen molar-refractivity contribution in [3.05, 3.63) is 30.4 Å². The molecular formula is C16H25N7. The largest absolute Gasteiger partial charge is 0.368 e. The first-order valence-electron chi connectivity index (χ1n) is 8.09. The zero-order chi connectivity index (χ0) is 16.2. The van der Waals surface area contributed by atoms with E-state index in [0.29, 0.717) is 0 Å². The predicted molar refractivity (Wildman–Crippen MR) is 91.6 cm³/mol. The second kappa shape index (κ2) is 6.95. The molecule has 3 rings (SSSR count). The van der Waals surface area contributed by atoms with Crippen molar-refractivity contribution in [1.29, 1.82) is 0 Å². The predicted octanol–water partition coefficient (Wildman–Crippen LogP) is 1.53. The van der Waals surface area contributed by atoms with Gasteiger partial charge in [-0.2, -0.15) is 5.10 Å². The van der Waals surface area contributed by atoms with Gasteiger partial charge in [0.25, 0.3) is 0 Å². The third-order valence-corrected chi connectivity index (χ3v) is 4.29. The summed E-state index contributed by atoms with van der Waals surface area (Å²) < 4.78 is 1.84. The van der Waals surface area contributed by atoms with Crippen molar-refractivity contribution in [3.8, 4) is 0 Å². The van der Waals surface area contributed by atoms with Crippen molar-refractivity contribution >= 4 is 11.6 Å². The number of aryl methyl sites for hydroxylation is 1. The van der Waals surface area contributed by atoms with Gasteiger partial charge < -0.3 is 15.1 Å². The van der Waals surface area contributed by atoms with Crippen LogP contribution in [0.3, 0.4) is 0 Å². The molecule has 0 saturated carbocycles. The lowest BCUT2D eigenvalue weighted by Gasteiger charge is -2.24. The molecule has 1 fully saturated rings. The van der Waals surface area contributed by atoms with Gasteiger partial charge >= 0.3 is 0 Å². The van der Waals surface area contributed by atoms with E-state index in [1.807, 2.05) is 24.0 Å². The van der Waals surface area contributed by atoms with Gasteiger partial charge in [-0.1, -0.05) is 0 Å². The minimum atomic E-state index is 0.244. The van der Waals surface area contributed by atoms with Crippen LogP contribution in [0.5, 0.6) is 0 Å². The molecule has 1 saturated heterocycles. The van der Waals surface area contributed by atoms with E-state index in [4.69, 9.17) is 0 Å². The number of hydrogen-bond donors (Lipinski definition) is 1. The van der Waals surface area contributed by atoms with Gasteiger partial charge in [0.15, 0.2) is 0 Å². The Balaban J connectivity index is 1.67. The number of nitrogens with one attached hydrogen (secondary N) is 1. The highest BCUT2D eigenvalue weighted by Crippen LogP contribution is 2.21. The maximum absolute atomic E-state index is 4.40. The van der Waals surface area contributed by atoms with Crippen molar-refractivity contribution < 1.29 is 0 Å². The first kappa shape index (κ1) is 15.7. The van der Waals surface area contributed by atoms with Gasteiger partial charge in [-0.05, 0) is 26.9 Å². The highest BCUT2D eigenvalue weighted by atomic mass is 15.3. The van der Waals surface area contributed by atoms with Crippen LogP contribution in [0.25, 0.3) is 0 Å². The van der Waals surface area contributed by atoms with Crippen LogP contribution in [-0.4, -0.2) is 58.4 Å². The first-order valence-corrected chi connectivity index (χ1v) is 8.09. The van der Waals surface area contributed by atoms with Crippen LogP contribution >= 0.6 is 0 Å². The molecule has 2 aromatic rings. The van der Waals surface area contributed by atoms with Crippen molar-refractivity contribution in [2.24, 2.45) is 7.05 Å². The Kier molecular flexibility index (Phi) is 4.76. The van der Waals surface area contributed by atoms with E-state index in [1.165, 1.54) is 18.4 Å². The van der Waals surface area contributed by atoms with E-state index in [0.717, 1.165) is 31.3 Å². The summed E-state index contributed by atoms with van der Waals surface area (Å²) in [6, 6.07) is 2.29. The smallest absolute Gasteiger partial charge is 0.134 e. The molecule has 0 aromatic carbocycles. The Bertz CT molecular complexity index is 631. The van der Waals surface area contributed by atoms with E-state index in [1.54, 1.807) is 6.33 Å². The summed E-state index contributed by atoms with van der Waals surface area (Å²) in [5.74, 6) is 1.89. The van der Waals surface area contributed by atoms with E-state index in [9.17, 15) is 0 Å². The molecule has 0 amide bonds. The Morgan fingerprint density at radius 2 is 2.04 bits per heavy atom. The van der Waals surface area contributed by atoms with Crippen molar-refractivity contribution in [2.75, 3.05) is 43.9 Å². The third-order valence-electron chi connectivity index (χ3n) is 4.29. The molecule has 0 spiro atoms. The van der Waals surface area contributed by atoms with Crippen LogP contribution in [0.1, 0.15) is 24.4 Å². The van der Waals surface area contributed by atoms with E-state index < -0.39 is 0 Å². The molecule has 23 heavy (non-hydrogen) atoms. The lowest BCUT2D eigenvalue weighted by atomic mass is 10.1. The summed E-state index contributed by atoms with van der Waals surface area (Å²) in [6.45, 7) is 2.95. The first-order chi connectivity index (χ1) is 11.1. The molecule has 0 aliphatic carbocycles. The summed E-state index contributed by atoms with van der Waals surface area (Å²) in [7, 11) is 6.10. The minimum Gasteiger partial charge on any atom is -0.368 e. The monoisotopic (exact) mass is 315 g/mol. The van der Waals surface area contributed by atoms with Gasteiger partial charge in [-0.25, -0.2) is 9.97 Å². The number of rotatable bonds is 6. The summed E-state index contributed by atoms with van der Waals surface area (Å²) >= 11 is 0. The standard InChI is InChI=1S/C16H25N7/c1-21(2)14(13-9-20-22(3)11-13)10-17-15-8-16(19-12-18-15)23-6-4-5-7-23/h8-9,11-12,14H,4-7,10H2,1-3H3,(H,17,18,19)/t14-/m1/s1. The second-order valence-electron chi connectivity index (χ2n) is 6.26. The van der Waals surface area contributed by atoms with Gasteiger partial charge in [0, 0.05) is 44.5 Å². The molecule has 0 unspecified atom stereocenters. The van der Waals surface area contributed by atoms with Crippen molar-refractivity contribution in [1.82, 2.24) is 24.6 Å². The Labute approximate surface area is 137 Å². The fraction of sp³-hybridized carbons (Fsp3) is 0.562. The molecule has 3 heterocycles. The molecule has 7 nitrogen and oxygen atoms in total. The number of hydrogen-bond acceptors (Lipinski definition) is 6. The topological polar surface area (TPSA) is 62.1 Å². The van der Waals surface area contributed by atoms with E-state index in [2.05, 4.69) is 50.5 Å². The number of aromatic nitrogens is 4. The summed E-state index contributed by atoms with van der Waals surface area (Å²) in [6.07, 6.45) is 8.11. The zero-order valence-electron chi connectivity index (χ0n) is 14.1. The van der Waals surface area contributed by atoms with Gasteiger partial charge in [0.05, 0.1) is 12.2 Å². The molecule has 124 valence electrons. The quantitative estimate of drug-likeness (QED) is 0.872. The van der Waals surface area contributed by atoms with Gasteiger partial charge in [-0.3, -0.25) is 4.68 Å². The third kappa shape index (κ3) is 3.79. The maximum Gasteiger partial charge on any atom is 0.134 e. The highest BCUT2D eigenvalue weighted by Gasteiger charge is 2.17. The van der Waals surface area contributed by atoms with Crippen molar-refractivity contribution in [2.45, 2.75) is 18.9 Å². The Morgan fingerprint density at radius 3 is 2.70 bits per heavy atom. The highest BCUT2D eigenvalue weighted by molar-refractivity contribution is 5.49. The van der Waals surface area contributed by atoms with E-state index >= 15 is 0 Å². The lowest BCUT2D eigenvalue weighted by Crippen LogP contribution is -2.27. The summed E-state index contributed by atoms with van der Waals surface area (Å²) in [4.78, 5) is 13.3. The average molecular weight is 315 g/mol. The van der Waals surface area contributed by atoms with Crippen LogP contribution < -0.4 is 10.2 Å². The molecule has 0 radical (unpaired) electrons. The van der Waals surface area contributed by atoms with Gasteiger partial charge in [0.1, 0.15) is 18.0 Å². The molecule has 1 N–H and O–H groups in total.